The minimum absolute atomic E-state index is 0.0480. The van der Waals surface area contributed by atoms with E-state index in [4.69, 9.17) is 0 Å². The van der Waals surface area contributed by atoms with Gasteiger partial charge in [-0.25, -0.2) is 4.79 Å². The van der Waals surface area contributed by atoms with Crippen molar-refractivity contribution in [3.05, 3.63) is 36.2 Å². The van der Waals surface area contributed by atoms with Crippen LogP contribution in [0.1, 0.15) is 5.82 Å². The first-order chi connectivity index (χ1) is 12.6. The van der Waals surface area contributed by atoms with Crippen LogP contribution in [0.3, 0.4) is 0 Å². The van der Waals surface area contributed by atoms with Gasteiger partial charge in [-0.05, 0) is 0 Å². The maximum absolute atomic E-state index is 12.5. The molecule has 0 radical (unpaired) electrons. The summed E-state index contributed by atoms with van der Waals surface area (Å²) in [6.45, 7) is 1.26. The Labute approximate surface area is 149 Å². The Morgan fingerprint density at radius 2 is 1.88 bits per heavy atom. The maximum Gasteiger partial charge on any atom is 0.325 e. The van der Waals surface area contributed by atoms with Crippen LogP contribution in [0.4, 0.5) is 4.79 Å². The second-order valence-electron chi connectivity index (χ2n) is 6.23. The fourth-order valence-electron chi connectivity index (χ4n) is 3.22. The van der Waals surface area contributed by atoms with Crippen molar-refractivity contribution in [2.45, 2.75) is 13.0 Å². The minimum Gasteiger partial charge on any atom is -0.339 e. The third-order valence-corrected chi connectivity index (χ3v) is 4.64. The standard InChI is InChI=1S/C17H18N6O3/c24-14-10-18-17(26)23(14)11-15(25)21-7-6-13-19-20-16(22(13)9-8-21)12-4-2-1-3-5-12/h1-5H,6-11H2,(H,18,26). The number of fused-ring (bicyclic) bond motifs is 1. The van der Waals surface area contributed by atoms with Crippen molar-refractivity contribution in [3.63, 3.8) is 0 Å². The lowest BCUT2D eigenvalue weighted by Gasteiger charge is -2.22. The van der Waals surface area contributed by atoms with E-state index in [1.165, 1.54) is 0 Å². The fourth-order valence-corrected chi connectivity index (χ4v) is 3.22. The fraction of sp³-hybridized carbons (Fsp3) is 0.353. The van der Waals surface area contributed by atoms with Gasteiger partial charge in [0, 0.05) is 31.6 Å². The molecule has 4 amide bonds. The first-order valence-electron chi connectivity index (χ1n) is 8.47. The van der Waals surface area contributed by atoms with E-state index in [2.05, 4.69) is 15.5 Å². The van der Waals surface area contributed by atoms with Gasteiger partial charge in [-0.1, -0.05) is 30.3 Å². The lowest BCUT2D eigenvalue weighted by Crippen LogP contribution is -2.44. The second-order valence-corrected chi connectivity index (χ2v) is 6.23. The lowest BCUT2D eigenvalue weighted by molar-refractivity contribution is -0.136. The van der Waals surface area contributed by atoms with Crippen molar-refractivity contribution < 1.29 is 14.4 Å². The van der Waals surface area contributed by atoms with Gasteiger partial charge in [0.1, 0.15) is 12.4 Å². The number of rotatable bonds is 3. The van der Waals surface area contributed by atoms with E-state index in [9.17, 15) is 14.4 Å². The minimum atomic E-state index is -0.512. The molecular weight excluding hydrogens is 336 g/mol. The predicted molar refractivity (Wildman–Crippen MR) is 90.9 cm³/mol. The van der Waals surface area contributed by atoms with E-state index >= 15 is 0 Å². The topological polar surface area (TPSA) is 100 Å². The first kappa shape index (κ1) is 16.2. The average Bonchev–Trinajstić information content (AvgIpc) is 3.12. The van der Waals surface area contributed by atoms with Gasteiger partial charge in [-0.3, -0.25) is 14.5 Å². The number of imide groups is 1. The van der Waals surface area contributed by atoms with E-state index < -0.39 is 6.03 Å². The van der Waals surface area contributed by atoms with Crippen LogP contribution < -0.4 is 5.32 Å². The SMILES string of the molecule is O=C(CN1C(=O)CNC1=O)N1CCc2nnc(-c3ccccc3)n2CC1. The number of hydrogen-bond donors (Lipinski definition) is 1. The van der Waals surface area contributed by atoms with Crippen molar-refractivity contribution in [1.29, 1.82) is 0 Å². The average molecular weight is 354 g/mol. The molecule has 0 atom stereocenters. The highest BCUT2D eigenvalue weighted by Crippen LogP contribution is 2.20. The van der Waals surface area contributed by atoms with Crippen molar-refractivity contribution in [2.75, 3.05) is 26.2 Å². The molecule has 3 heterocycles. The van der Waals surface area contributed by atoms with Crippen molar-refractivity contribution in [1.82, 2.24) is 29.9 Å². The number of amides is 4. The zero-order valence-corrected chi connectivity index (χ0v) is 14.1. The van der Waals surface area contributed by atoms with Gasteiger partial charge in [0.25, 0.3) is 5.91 Å². The Morgan fingerprint density at radius 3 is 2.62 bits per heavy atom. The predicted octanol–water partition coefficient (Wildman–Crippen LogP) is -0.118. The number of nitrogens with one attached hydrogen (secondary N) is 1. The first-order valence-corrected chi connectivity index (χ1v) is 8.47. The Morgan fingerprint density at radius 1 is 1.08 bits per heavy atom. The van der Waals surface area contributed by atoms with E-state index in [-0.39, 0.29) is 24.9 Å². The lowest BCUT2D eigenvalue weighted by atomic mass is 10.2. The molecule has 9 heteroatoms. The van der Waals surface area contributed by atoms with Crippen LogP contribution in [0, 0.1) is 0 Å². The number of hydrogen-bond acceptors (Lipinski definition) is 5. The third kappa shape index (κ3) is 2.92. The number of carbonyl (C=O) groups excluding carboxylic acids is 3. The molecular formula is C17H18N6O3. The van der Waals surface area contributed by atoms with Gasteiger partial charge in [-0.2, -0.15) is 0 Å². The number of carbonyl (C=O) groups is 3. The molecule has 0 saturated carbocycles. The van der Waals surface area contributed by atoms with Gasteiger partial charge in [0.05, 0.1) is 6.54 Å². The summed E-state index contributed by atoms with van der Waals surface area (Å²) in [4.78, 5) is 38.4. The molecule has 0 aliphatic carbocycles. The monoisotopic (exact) mass is 354 g/mol. The molecule has 1 N–H and O–H groups in total. The van der Waals surface area contributed by atoms with E-state index in [1.54, 1.807) is 4.90 Å². The van der Waals surface area contributed by atoms with Crippen molar-refractivity contribution in [3.8, 4) is 11.4 Å². The number of benzene rings is 1. The molecule has 134 valence electrons. The van der Waals surface area contributed by atoms with E-state index in [0.717, 1.165) is 22.1 Å². The second kappa shape index (κ2) is 6.58. The molecule has 2 aliphatic rings. The summed E-state index contributed by atoms with van der Waals surface area (Å²) >= 11 is 0. The Bertz CT molecular complexity index is 847. The normalized spacial score (nSPS) is 17.1. The van der Waals surface area contributed by atoms with E-state index in [0.29, 0.717) is 26.1 Å². The number of aromatic nitrogens is 3. The van der Waals surface area contributed by atoms with Crippen LogP contribution in [0.5, 0.6) is 0 Å². The van der Waals surface area contributed by atoms with Gasteiger partial charge in [-0.15, -0.1) is 10.2 Å². The summed E-state index contributed by atoms with van der Waals surface area (Å²) in [5.74, 6) is 0.996. The maximum atomic E-state index is 12.5. The van der Waals surface area contributed by atoms with Crippen LogP contribution in [0.15, 0.2) is 30.3 Å². The molecule has 0 spiro atoms. The Hall–Kier alpha value is -3.23. The molecule has 0 unspecified atom stereocenters. The Kier molecular flexibility index (Phi) is 4.11. The summed E-state index contributed by atoms with van der Waals surface area (Å²) in [7, 11) is 0. The third-order valence-electron chi connectivity index (χ3n) is 4.64. The highest BCUT2D eigenvalue weighted by molar-refractivity contribution is 6.04. The largest absolute Gasteiger partial charge is 0.339 e. The summed E-state index contributed by atoms with van der Waals surface area (Å²) in [6, 6.07) is 9.27. The van der Waals surface area contributed by atoms with Crippen LogP contribution in [-0.2, 0) is 22.6 Å². The van der Waals surface area contributed by atoms with Crippen molar-refractivity contribution >= 4 is 17.8 Å². The molecule has 26 heavy (non-hydrogen) atoms. The van der Waals surface area contributed by atoms with Gasteiger partial charge < -0.3 is 14.8 Å². The zero-order chi connectivity index (χ0) is 18.1. The molecule has 2 aromatic rings. The molecule has 4 rings (SSSR count). The summed E-state index contributed by atoms with van der Waals surface area (Å²) in [6.07, 6.45) is 0.575. The quantitative estimate of drug-likeness (QED) is 0.775. The van der Waals surface area contributed by atoms with Crippen LogP contribution in [-0.4, -0.2) is 68.6 Å². The smallest absolute Gasteiger partial charge is 0.325 e. The highest BCUT2D eigenvalue weighted by Gasteiger charge is 2.32. The number of nitrogens with zero attached hydrogens (tertiary/aromatic N) is 5. The van der Waals surface area contributed by atoms with Gasteiger partial charge in [0.15, 0.2) is 5.82 Å². The van der Waals surface area contributed by atoms with Crippen LogP contribution in [0.25, 0.3) is 11.4 Å². The summed E-state index contributed by atoms with van der Waals surface area (Å²) < 4.78 is 2.02. The Balaban J connectivity index is 1.47. The number of urea groups is 1. The molecule has 0 bridgehead atoms. The molecule has 9 nitrogen and oxygen atoms in total. The molecule has 1 fully saturated rings. The molecule has 1 aromatic heterocycles. The summed E-state index contributed by atoms with van der Waals surface area (Å²) in [5, 5.41) is 11.0. The zero-order valence-electron chi connectivity index (χ0n) is 14.1. The van der Waals surface area contributed by atoms with E-state index in [1.807, 2.05) is 34.9 Å². The molecule has 1 aromatic carbocycles. The van der Waals surface area contributed by atoms with Gasteiger partial charge >= 0.3 is 6.03 Å². The van der Waals surface area contributed by atoms with Crippen molar-refractivity contribution in [2.24, 2.45) is 0 Å². The summed E-state index contributed by atoms with van der Waals surface area (Å²) in [5.41, 5.74) is 0.977. The van der Waals surface area contributed by atoms with Crippen LogP contribution >= 0.6 is 0 Å². The van der Waals surface area contributed by atoms with Crippen LogP contribution in [0.2, 0.25) is 0 Å². The van der Waals surface area contributed by atoms with Gasteiger partial charge in [0.2, 0.25) is 5.91 Å². The molecule has 2 aliphatic heterocycles. The molecule has 1 saturated heterocycles. The highest BCUT2D eigenvalue weighted by atomic mass is 16.2.